The lowest BCUT2D eigenvalue weighted by molar-refractivity contribution is -0.140. The van der Waals surface area contributed by atoms with E-state index in [2.05, 4.69) is 5.32 Å². The molecule has 0 bridgehead atoms. The van der Waals surface area contributed by atoms with Crippen molar-refractivity contribution in [3.05, 3.63) is 64.4 Å². The number of amides is 2. The number of anilines is 1. The van der Waals surface area contributed by atoms with Gasteiger partial charge in [-0.3, -0.25) is 13.9 Å². The number of benzene rings is 2. The zero-order chi connectivity index (χ0) is 24.8. The van der Waals surface area contributed by atoms with E-state index in [0.717, 1.165) is 16.1 Å². The van der Waals surface area contributed by atoms with Crippen LogP contribution in [0.3, 0.4) is 0 Å². The van der Waals surface area contributed by atoms with Crippen LogP contribution in [0.5, 0.6) is 0 Å². The molecule has 0 aromatic heterocycles. The molecule has 7 nitrogen and oxygen atoms in total. The third kappa shape index (κ3) is 7.17. The van der Waals surface area contributed by atoms with Gasteiger partial charge in [0.05, 0.1) is 11.9 Å². The van der Waals surface area contributed by atoms with Crippen LogP contribution in [0.2, 0.25) is 5.02 Å². The van der Waals surface area contributed by atoms with Gasteiger partial charge in [-0.2, -0.15) is 0 Å². The summed E-state index contributed by atoms with van der Waals surface area (Å²) >= 11 is 6.18. The van der Waals surface area contributed by atoms with E-state index in [1.54, 1.807) is 32.9 Å². The number of sulfonamides is 1. The monoisotopic (exact) mass is 497 g/mol. The van der Waals surface area contributed by atoms with Crippen molar-refractivity contribution in [3.8, 4) is 0 Å². The maximum atomic E-state index is 13.4. The van der Waals surface area contributed by atoms with Crippen LogP contribution in [0, 0.1) is 12.7 Å². The molecular formula is C23H29ClFN3O4S. The molecule has 1 atom stereocenters. The summed E-state index contributed by atoms with van der Waals surface area (Å²) in [6, 6.07) is 9.47. The van der Waals surface area contributed by atoms with Crippen LogP contribution in [0.15, 0.2) is 42.5 Å². The quantitative estimate of drug-likeness (QED) is 0.544. The molecule has 0 aliphatic carbocycles. The SMILES string of the molecule is CCNC(=O)[C@H](CC)N(Cc1ccc(F)cc1)C(=O)CN(c1ccc(C)c(Cl)c1)S(C)(=O)=O. The normalized spacial score (nSPS) is 12.2. The molecule has 180 valence electrons. The maximum absolute atomic E-state index is 13.4. The minimum Gasteiger partial charge on any atom is -0.355 e. The van der Waals surface area contributed by atoms with Gasteiger partial charge in [-0.05, 0) is 55.7 Å². The number of carbonyl (C=O) groups excluding carboxylic acids is 2. The fourth-order valence-electron chi connectivity index (χ4n) is 3.35. The van der Waals surface area contributed by atoms with Gasteiger partial charge in [0.1, 0.15) is 18.4 Å². The third-order valence-electron chi connectivity index (χ3n) is 5.13. The van der Waals surface area contributed by atoms with Crippen molar-refractivity contribution >= 4 is 39.1 Å². The smallest absolute Gasteiger partial charge is 0.244 e. The summed E-state index contributed by atoms with van der Waals surface area (Å²) in [6.07, 6.45) is 1.31. The molecule has 0 aliphatic rings. The average Bonchev–Trinajstić information content (AvgIpc) is 2.74. The molecular weight excluding hydrogens is 469 g/mol. The summed E-state index contributed by atoms with van der Waals surface area (Å²) in [4.78, 5) is 27.4. The summed E-state index contributed by atoms with van der Waals surface area (Å²) < 4.78 is 39.4. The number of hydrogen-bond donors (Lipinski definition) is 1. The van der Waals surface area contributed by atoms with Crippen molar-refractivity contribution in [2.75, 3.05) is 23.7 Å². The maximum Gasteiger partial charge on any atom is 0.244 e. The molecule has 1 N–H and O–H groups in total. The first-order chi connectivity index (χ1) is 15.5. The Morgan fingerprint density at radius 1 is 1.12 bits per heavy atom. The second kappa shape index (κ2) is 11.5. The predicted octanol–water partition coefficient (Wildman–Crippen LogP) is 3.50. The molecule has 2 aromatic carbocycles. The minimum atomic E-state index is -3.84. The number of rotatable bonds is 10. The molecule has 0 saturated heterocycles. The second-order valence-electron chi connectivity index (χ2n) is 7.67. The lowest BCUT2D eigenvalue weighted by Crippen LogP contribution is -2.52. The molecule has 0 fully saturated rings. The highest BCUT2D eigenvalue weighted by Gasteiger charge is 2.31. The fraction of sp³-hybridized carbons (Fsp3) is 0.391. The van der Waals surface area contributed by atoms with Crippen LogP contribution < -0.4 is 9.62 Å². The minimum absolute atomic E-state index is 0.0149. The highest BCUT2D eigenvalue weighted by Crippen LogP contribution is 2.25. The van der Waals surface area contributed by atoms with Gasteiger partial charge in [-0.15, -0.1) is 0 Å². The number of nitrogens with zero attached hydrogens (tertiary/aromatic N) is 2. The van der Waals surface area contributed by atoms with Gasteiger partial charge >= 0.3 is 0 Å². The van der Waals surface area contributed by atoms with Crippen LogP contribution in [0.4, 0.5) is 10.1 Å². The Bertz CT molecular complexity index is 1090. The van der Waals surface area contributed by atoms with Gasteiger partial charge < -0.3 is 10.2 Å². The highest BCUT2D eigenvalue weighted by molar-refractivity contribution is 7.92. The van der Waals surface area contributed by atoms with Crippen molar-refractivity contribution in [1.29, 1.82) is 0 Å². The summed E-state index contributed by atoms with van der Waals surface area (Å²) in [6.45, 7) is 5.19. The predicted molar refractivity (Wildman–Crippen MR) is 128 cm³/mol. The van der Waals surface area contributed by atoms with Crippen molar-refractivity contribution in [1.82, 2.24) is 10.2 Å². The van der Waals surface area contributed by atoms with E-state index in [9.17, 15) is 22.4 Å². The average molecular weight is 498 g/mol. The van der Waals surface area contributed by atoms with Gasteiger partial charge in [-0.1, -0.05) is 36.7 Å². The first-order valence-electron chi connectivity index (χ1n) is 10.5. The molecule has 0 aliphatic heterocycles. The first kappa shape index (κ1) is 26.6. The Labute approximate surface area is 199 Å². The Morgan fingerprint density at radius 2 is 1.76 bits per heavy atom. The summed E-state index contributed by atoms with van der Waals surface area (Å²) in [7, 11) is -3.84. The van der Waals surface area contributed by atoms with Crippen LogP contribution in [-0.2, 0) is 26.2 Å². The van der Waals surface area contributed by atoms with Gasteiger partial charge in [-0.25, -0.2) is 12.8 Å². The number of aryl methyl sites for hydroxylation is 1. The highest BCUT2D eigenvalue weighted by atomic mass is 35.5. The molecule has 33 heavy (non-hydrogen) atoms. The lowest BCUT2D eigenvalue weighted by atomic mass is 10.1. The third-order valence-corrected chi connectivity index (χ3v) is 6.67. The molecule has 2 rings (SSSR count). The molecule has 0 radical (unpaired) electrons. The van der Waals surface area contributed by atoms with E-state index in [1.807, 2.05) is 0 Å². The van der Waals surface area contributed by atoms with E-state index in [0.29, 0.717) is 23.6 Å². The van der Waals surface area contributed by atoms with E-state index in [-0.39, 0.29) is 18.1 Å². The van der Waals surface area contributed by atoms with Gasteiger partial charge in [0.15, 0.2) is 0 Å². The Kier molecular flexibility index (Phi) is 9.25. The molecule has 0 spiro atoms. The van der Waals surface area contributed by atoms with Crippen LogP contribution in [0.1, 0.15) is 31.4 Å². The number of nitrogens with one attached hydrogen (secondary N) is 1. The molecule has 10 heteroatoms. The molecule has 0 unspecified atom stereocenters. The van der Waals surface area contributed by atoms with E-state index < -0.39 is 34.3 Å². The van der Waals surface area contributed by atoms with Gasteiger partial charge in [0.2, 0.25) is 21.8 Å². The van der Waals surface area contributed by atoms with E-state index >= 15 is 0 Å². The van der Waals surface area contributed by atoms with Crippen LogP contribution >= 0.6 is 11.6 Å². The van der Waals surface area contributed by atoms with Gasteiger partial charge in [0, 0.05) is 18.1 Å². The van der Waals surface area contributed by atoms with E-state index in [4.69, 9.17) is 11.6 Å². The number of carbonyl (C=O) groups is 2. The first-order valence-corrected chi connectivity index (χ1v) is 12.8. The Hall–Kier alpha value is -2.65. The molecule has 2 amide bonds. The van der Waals surface area contributed by atoms with Gasteiger partial charge in [0.25, 0.3) is 0 Å². The molecule has 2 aromatic rings. The zero-order valence-corrected chi connectivity index (χ0v) is 20.7. The second-order valence-corrected chi connectivity index (χ2v) is 9.98. The molecule has 0 saturated carbocycles. The van der Waals surface area contributed by atoms with E-state index in [1.165, 1.54) is 35.2 Å². The summed E-state index contributed by atoms with van der Waals surface area (Å²) in [5.74, 6) is -1.34. The van der Waals surface area contributed by atoms with Crippen LogP contribution in [-0.4, -0.2) is 50.5 Å². The Morgan fingerprint density at radius 3 is 2.27 bits per heavy atom. The largest absolute Gasteiger partial charge is 0.355 e. The summed E-state index contributed by atoms with van der Waals surface area (Å²) in [5, 5.41) is 3.08. The topological polar surface area (TPSA) is 86.8 Å². The molecule has 0 heterocycles. The fourth-order valence-corrected chi connectivity index (χ4v) is 4.36. The number of halogens is 2. The number of hydrogen-bond acceptors (Lipinski definition) is 4. The Balaban J connectivity index is 2.44. The van der Waals surface area contributed by atoms with Crippen molar-refractivity contribution < 1.29 is 22.4 Å². The van der Waals surface area contributed by atoms with Crippen molar-refractivity contribution in [3.63, 3.8) is 0 Å². The lowest BCUT2D eigenvalue weighted by Gasteiger charge is -2.32. The van der Waals surface area contributed by atoms with Crippen molar-refractivity contribution in [2.24, 2.45) is 0 Å². The zero-order valence-electron chi connectivity index (χ0n) is 19.1. The van der Waals surface area contributed by atoms with Crippen molar-refractivity contribution in [2.45, 2.75) is 39.8 Å². The van der Waals surface area contributed by atoms with Crippen LogP contribution in [0.25, 0.3) is 0 Å². The summed E-state index contributed by atoms with van der Waals surface area (Å²) in [5.41, 5.74) is 1.62. The standard InChI is InChI=1S/C23H29ClFN3O4S/c1-5-21(23(30)26-6-2)27(14-17-8-10-18(25)11-9-17)22(29)15-28(33(4,31)32)19-12-7-16(3)20(24)13-19/h7-13,21H,5-6,14-15H2,1-4H3,(H,26,30)/t21-/m0/s1. The number of likely N-dealkylation sites (N-methyl/N-ethyl adjacent to an activating group) is 1.